The van der Waals surface area contributed by atoms with E-state index in [9.17, 15) is 4.79 Å². The van der Waals surface area contributed by atoms with Crippen LogP contribution in [-0.4, -0.2) is 50.1 Å². The molecule has 1 fully saturated rings. The third kappa shape index (κ3) is 4.61. The van der Waals surface area contributed by atoms with E-state index in [1.54, 1.807) is 12.1 Å². The van der Waals surface area contributed by atoms with Gasteiger partial charge in [-0.2, -0.15) is 0 Å². The molecular weight excluding hydrogens is 288 g/mol. The highest BCUT2D eigenvalue weighted by molar-refractivity contribution is 6.30. The topological polar surface area (TPSA) is 34.0 Å². The second kappa shape index (κ2) is 7.66. The molecule has 1 amide bonds. The molecule has 0 spiro atoms. The van der Waals surface area contributed by atoms with Gasteiger partial charge in [0.15, 0.2) is 6.10 Å². The van der Waals surface area contributed by atoms with Gasteiger partial charge in [0.1, 0.15) is 5.75 Å². The van der Waals surface area contributed by atoms with Crippen LogP contribution in [0.1, 0.15) is 19.8 Å². The lowest BCUT2D eigenvalue weighted by atomic mass is 10.2. The van der Waals surface area contributed by atoms with Crippen molar-refractivity contribution in [3.63, 3.8) is 0 Å². The number of carbonyl (C=O) groups excluding carboxylic acids is 1. The molecule has 0 aliphatic carbocycles. The molecule has 1 heterocycles. The molecule has 2 atom stereocenters. The third-order valence-corrected chi connectivity index (χ3v) is 4.11. The molecule has 2 rings (SSSR count). The number of rotatable bonds is 4. The third-order valence-electron chi connectivity index (χ3n) is 3.87. The second-order valence-electron chi connectivity index (χ2n) is 5.61. The average Bonchev–Trinajstić information content (AvgIpc) is 2.69. The molecular formula is C16H24ClN2O2+. The summed E-state index contributed by atoms with van der Waals surface area (Å²) in [4.78, 5) is 16.1. The molecule has 1 N–H and O–H groups in total. The van der Waals surface area contributed by atoms with Crippen molar-refractivity contribution in [2.24, 2.45) is 0 Å². The normalized spacial score (nSPS) is 20.7. The largest absolute Gasteiger partial charge is 0.481 e. The van der Waals surface area contributed by atoms with Crippen molar-refractivity contribution in [1.82, 2.24) is 4.90 Å². The fourth-order valence-electron chi connectivity index (χ4n) is 2.57. The number of likely N-dealkylation sites (N-methyl/N-ethyl adjacent to an activating group) is 1. The number of hydrogen-bond donors (Lipinski definition) is 1. The van der Waals surface area contributed by atoms with Gasteiger partial charge in [0.05, 0.1) is 26.7 Å². The predicted octanol–water partition coefficient (Wildman–Crippen LogP) is 1.24. The summed E-state index contributed by atoms with van der Waals surface area (Å²) in [5.41, 5.74) is 0. The van der Waals surface area contributed by atoms with Crippen LogP contribution in [0, 0.1) is 0 Å². The minimum absolute atomic E-state index is 0.0900. The minimum atomic E-state index is -0.429. The fourth-order valence-corrected chi connectivity index (χ4v) is 2.75. The monoisotopic (exact) mass is 311 g/mol. The van der Waals surface area contributed by atoms with Gasteiger partial charge in [-0.15, -0.1) is 0 Å². The molecule has 1 saturated heterocycles. The Morgan fingerprint density at radius 1 is 1.43 bits per heavy atom. The summed E-state index contributed by atoms with van der Waals surface area (Å²) in [6, 6.07) is 7.21. The van der Waals surface area contributed by atoms with Crippen molar-refractivity contribution in [2.75, 3.05) is 33.2 Å². The first kappa shape index (κ1) is 16.1. The van der Waals surface area contributed by atoms with E-state index in [4.69, 9.17) is 16.3 Å². The van der Waals surface area contributed by atoms with Gasteiger partial charge in [-0.3, -0.25) is 4.79 Å². The fraction of sp³-hybridized carbons (Fsp3) is 0.562. The van der Waals surface area contributed by atoms with Crippen LogP contribution < -0.4 is 9.64 Å². The highest BCUT2D eigenvalue weighted by atomic mass is 35.5. The Morgan fingerprint density at radius 2 is 2.24 bits per heavy atom. The summed E-state index contributed by atoms with van der Waals surface area (Å²) >= 11 is 5.96. The average molecular weight is 312 g/mol. The van der Waals surface area contributed by atoms with Crippen LogP contribution >= 0.6 is 11.6 Å². The summed E-state index contributed by atoms with van der Waals surface area (Å²) in [6.07, 6.45) is 1.28. The summed E-state index contributed by atoms with van der Waals surface area (Å²) < 4.78 is 5.84. The van der Waals surface area contributed by atoms with Crippen molar-refractivity contribution < 1.29 is 14.4 Å². The van der Waals surface area contributed by atoms with Gasteiger partial charge in [0.2, 0.25) is 0 Å². The van der Waals surface area contributed by atoms with Crippen LogP contribution in [0.5, 0.6) is 5.75 Å². The maximum atomic E-state index is 12.6. The van der Waals surface area contributed by atoms with E-state index < -0.39 is 6.10 Å². The standard InChI is InChI=1S/C16H23ClN2O2/c1-3-15(21-14-7-4-6-13(17)12-14)16(20)19-9-5-8-18(2)10-11-19/h4,6-7,12,15H,3,5,8-11H2,1-2H3/p+1/t15-/m0/s1. The lowest BCUT2D eigenvalue weighted by Gasteiger charge is -2.25. The number of nitrogens with one attached hydrogen (secondary N) is 1. The van der Waals surface area contributed by atoms with Crippen molar-refractivity contribution in [1.29, 1.82) is 0 Å². The number of quaternary nitrogens is 1. The minimum Gasteiger partial charge on any atom is -0.481 e. The van der Waals surface area contributed by atoms with Crippen LogP contribution in [0.3, 0.4) is 0 Å². The SMILES string of the molecule is CC[C@H](Oc1cccc(Cl)c1)C(=O)N1CCC[NH+](C)CC1. The van der Waals surface area contributed by atoms with E-state index in [0.29, 0.717) is 17.2 Å². The number of hydrogen-bond acceptors (Lipinski definition) is 2. The van der Waals surface area contributed by atoms with E-state index >= 15 is 0 Å². The van der Waals surface area contributed by atoms with Gasteiger partial charge in [-0.25, -0.2) is 0 Å². The van der Waals surface area contributed by atoms with E-state index in [1.165, 1.54) is 4.90 Å². The Kier molecular flexibility index (Phi) is 5.88. The van der Waals surface area contributed by atoms with Gasteiger partial charge < -0.3 is 14.5 Å². The molecule has 1 aliphatic rings. The zero-order chi connectivity index (χ0) is 15.2. The number of ether oxygens (including phenoxy) is 1. The first-order valence-electron chi connectivity index (χ1n) is 7.62. The van der Waals surface area contributed by atoms with E-state index in [1.807, 2.05) is 24.0 Å². The Balaban J connectivity index is 2.01. The second-order valence-corrected chi connectivity index (χ2v) is 6.04. The molecule has 4 nitrogen and oxygen atoms in total. The first-order chi connectivity index (χ1) is 10.1. The Labute approximate surface area is 131 Å². The molecule has 1 aromatic carbocycles. The summed E-state index contributed by atoms with van der Waals surface area (Å²) in [7, 11) is 2.17. The smallest absolute Gasteiger partial charge is 0.263 e. The van der Waals surface area contributed by atoms with Crippen LogP contribution in [0.15, 0.2) is 24.3 Å². The Bertz CT molecular complexity index is 481. The van der Waals surface area contributed by atoms with Gasteiger partial charge >= 0.3 is 0 Å². The molecule has 0 bridgehead atoms. The van der Waals surface area contributed by atoms with Crippen molar-refractivity contribution in [2.45, 2.75) is 25.9 Å². The van der Waals surface area contributed by atoms with E-state index in [0.717, 1.165) is 32.6 Å². The summed E-state index contributed by atoms with van der Waals surface area (Å²) in [5.74, 6) is 0.743. The van der Waals surface area contributed by atoms with Crippen LogP contribution in [0.25, 0.3) is 0 Å². The molecule has 1 unspecified atom stereocenters. The highest BCUT2D eigenvalue weighted by Gasteiger charge is 2.26. The van der Waals surface area contributed by atoms with Gasteiger partial charge in [0.25, 0.3) is 5.91 Å². The van der Waals surface area contributed by atoms with Crippen LogP contribution in [0.2, 0.25) is 5.02 Å². The number of amides is 1. The van der Waals surface area contributed by atoms with Gasteiger partial charge in [-0.05, 0) is 24.6 Å². The van der Waals surface area contributed by atoms with Gasteiger partial charge in [0, 0.05) is 18.0 Å². The lowest BCUT2D eigenvalue weighted by Crippen LogP contribution is -3.09. The molecule has 0 radical (unpaired) electrons. The maximum Gasteiger partial charge on any atom is 0.263 e. The molecule has 116 valence electrons. The predicted molar refractivity (Wildman–Crippen MR) is 84.0 cm³/mol. The quantitative estimate of drug-likeness (QED) is 0.908. The van der Waals surface area contributed by atoms with Crippen LogP contribution in [-0.2, 0) is 4.79 Å². The van der Waals surface area contributed by atoms with E-state index in [2.05, 4.69) is 7.05 Å². The van der Waals surface area contributed by atoms with Crippen molar-refractivity contribution in [3.05, 3.63) is 29.3 Å². The highest BCUT2D eigenvalue weighted by Crippen LogP contribution is 2.20. The number of halogens is 1. The Morgan fingerprint density at radius 3 is 2.95 bits per heavy atom. The lowest BCUT2D eigenvalue weighted by molar-refractivity contribution is -0.877. The summed E-state index contributed by atoms with van der Waals surface area (Å²) in [5, 5.41) is 0.620. The zero-order valence-electron chi connectivity index (χ0n) is 12.8. The molecule has 0 aromatic heterocycles. The van der Waals surface area contributed by atoms with Crippen LogP contribution in [0.4, 0.5) is 0 Å². The molecule has 1 aliphatic heterocycles. The number of carbonyl (C=O) groups is 1. The molecule has 0 saturated carbocycles. The number of nitrogens with zero attached hydrogens (tertiary/aromatic N) is 1. The number of benzene rings is 1. The van der Waals surface area contributed by atoms with E-state index in [-0.39, 0.29) is 5.91 Å². The Hall–Kier alpha value is -1.26. The molecule has 21 heavy (non-hydrogen) atoms. The van der Waals surface area contributed by atoms with Gasteiger partial charge in [-0.1, -0.05) is 24.6 Å². The zero-order valence-corrected chi connectivity index (χ0v) is 13.5. The maximum absolute atomic E-state index is 12.6. The first-order valence-corrected chi connectivity index (χ1v) is 8.00. The molecule has 5 heteroatoms. The van der Waals surface area contributed by atoms with Crippen molar-refractivity contribution in [3.8, 4) is 5.75 Å². The van der Waals surface area contributed by atoms with Crippen molar-refractivity contribution >= 4 is 17.5 Å². The molecule has 1 aromatic rings. The summed E-state index contributed by atoms with van der Waals surface area (Å²) in [6.45, 7) is 5.73.